The third-order valence-electron chi connectivity index (χ3n) is 1.78. The third-order valence-corrected chi connectivity index (χ3v) is 2.85. The number of nitrogens with two attached hydrogens (primary N) is 1. The van der Waals surface area contributed by atoms with E-state index in [2.05, 4.69) is 11.9 Å². The van der Waals surface area contributed by atoms with Crippen LogP contribution >= 0.6 is 11.8 Å². The van der Waals surface area contributed by atoms with Crippen molar-refractivity contribution in [2.75, 3.05) is 5.75 Å². The zero-order chi connectivity index (χ0) is 10.4. The molecule has 0 fully saturated rings. The van der Waals surface area contributed by atoms with Crippen LogP contribution in [0.1, 0.15) is 25.5 Å². The molecule has 1 aromatic heterocycles. The molecule has 1 aromatic rings. The first-order valence-corrected chi connectivity index (χ1v) is 5.66. The van der Waals surface area contributed by atoms with Gasteiger partial charge in [0.1, 0.15) is 11.5 Å². The number of hydrogen-bond donors (Lipinski definition) is 2. The lowest BCUT2D eigenvalue weighted by molar-refractivity contribution is 0.896. The number of rotatable bonds is 5. The molecule has 0 saturated carbocycles. The van der Waals surface area contributed by atoms with E-state index in [9.17, 15) is 0 Å². The van der Waals surface area contributed by atoms with Crippen molar-refractivity contribution >= 4 is 17.6 Å². The summed E-state index contributed by atoms with van der Waals surface area (Å²) < 4.78 is 0. The standard InChI is InChI=1S/C10H15N3S/c1-2-3-6-14-8-4-5-9(10(11)12)13-7-8/h4-5,7H,2-3,6H2,1H3,(H3,11,12). The highest BCUT2D eigenvalue weighted by molar-refractivity contribution is 7.99. The maximum Gasteiger partial charge on any atom is 0.141 e. The van der Waals surface area contributed by atoms with E-state index in [1.165, 1.54) is 12.8 Å². The van der Waals surface area contributed by atoms with Crippen LogP contribution in [-0.4, -0.2) is 16.6 Å². The maximum absolute atomic E-state index is 7.18. The van der Waals surface area contributed by atoms with Crippen LogP contribution < -0.4 is 5.73 Å². The molecule has 0 spiro atoms. The quantitative estimate of drug-likeness (QED) is 0.338. The van der Waals surface area contributed by atoms with Crippen LogP contribution in [0.5, 0.6) is 0 Å². The summed E-state index contributed by atoms with van der Waals surface area (Å²) in [5.41, 5.74) is 5.85. The lowest BCUT2D eigenvalue weighted by Gasteiger charge is -2.01. The molecule has 76 valence electrons. The van der Waals surface area contributed by atoms with Gasteiger partial charge in [0.2, 0.25) is 0 Å². The molecule has 0 unspecified atom stereocenters. The van der Waals surface area contributed by atoms with Gasteiger partial charge in [-0.25, -0.2) is 0 Å². The molecule has 1 rings (SSSR count). The van der Waals surface area contributed by atoms with E-state index in [-0.39, 0.29) is 5.84 Å². The SMILES string of the molecule is CCCCSc1ccc(C(=N)N)nc1. The summed E-state index contributed by atoms with van der Waals surface area (Å²) in [6.07, 6.45) is 4.21. The van der Waals surface area contributed by atoms with Gasteiger partial charge in [-0.2, -0.15) is 0 Å². The Morgan fingerprint density at radius 1 is 1.57 bits per heavy atom. The first kappa shape index (κ1) is 11.0. The lowest BCUT2D eigenvalue weighted by Crippen LogP contribution is -2.12. The third kappa shape index (κ3) is 3.38. The second kappa shape index (κ2) is 5.65. The minimum atomic E-state index is 0.0232. The Morgan fingerprint density at radius 2 is 2.36 bits per heavy atom. The molecule has 0 aliphatic carbocycles. The topological polar surface area (TPSA) is 62.8 Å². The number of nitrogen functional groups attached to an aromatic ring is 1. The monoisotopic (exact) mass is 209 g/mol. The molecule has 0 aliphatic rings. The maximum atomic E-state index is 7.18. The molecule has 3 N–H and O–H groups in total. The molecule has 1 heterocycles. The largest absolute Gasteiger partial charge is 0.382 e. The molecule has 0 aliphatic heterocycles. The van der Waals surface area contributed by atoms with Gasteiger partial charge in [0, 0.05) is 11.1 Å². The van der Waals surface area contributed by atoms with Crippen LogP contribution in [-0.2, 0) is 0 Å². The van der Waals surface area contributed by atoms with Gasteiger partial charge >= 0.3 is 0 Å². The molecule has 0 amide bonds. The van der Waals surface area contributed by atoms with Crippen LogP contribution in [0.2, 0.25) is 0 Å². The minimum Gasteiger partial charge on any atom is -0.382 e. The van der Waals surface area contributed by atoms with Gasteiger partial charge in [-0.3, -0.25) is 10.4 Å². The predicted molar refractivity (Wildman–Crippen MR) is 60.9 cm³/mol. The zero-order valence-corrected chi connectivity index (χ0v) is 9.10. The van der Waals surface area contributed by atoms with Crippen molar-refractivity contribution in [2.24, 2.45) is 5.73 Å². The van der Waals surface area contributed by atoms with Crippen molar-refractivity contribution < 1.29 is 0 Å². The van der Waals surface area contributed by atoms with E-state index in [0.717, 1.165) is 10.6 Å². The number of nitrogens with zero attached hydrogens (tertiary/aromatic N) is 1. The van der Waals surface area contributed by atoms with Crippen molar-refractivity contribution in [1.82, 2.24) is 4.98 Å². The molecule has 14 heavy (non-hydrogen) atoms. The van der Waals surface area contributed by atoms with Crippen molar-refractivity contribution in [1.29, 1.82) is 5.41 Å². The Bertz CT molecular complexity index is 295. The smallest absolute Gasteiger partial charge is 0.141 e. The Labute approximate surface area is 88.6 Å². The van der Waals surface area contributed by atoms with Crippen LogP contribution in [0.25, 0.3) is 0 Å². The summed E-state index contributed by atoms with van der Waals surface area (Å²) in [6, 6.07) is 3.75. The summed E-state index contributed by atoms with van der Waals surface area (Å²) >= 11 is 1.79. The summed E-state index contributed by atoms with van der Waals surface area (Å²) in [7, 11) is 0. The van der Waals surface area contributed by atoms with Crippen molar-refractivity contribution in [3.05, 3.63) is 24.0 Å². The highest BCUT2D eigenvalue weighted by atomic mass is 32.2. The number of hydrogen-bond acceptors (Lipinski definition) is 3. The van der Waals surface area contributed by atoms with E-state index >= 15 is 0 Å². The zero-order valence-electron chi connectivity index (χ0n) is 8.29. The van der Waals surface area contributed by atoms with Gasteiger partial charge in [-0.15, -0.1) is 11.8 Å². The number of unbranched alkanes of at least 4 members (excludes halogenated alkanes) is 1. The number of nitrogens with one attached hydrogen (secondary N) is 1. The summed E-state index contributed by atoms with van der Waals surface area (Å²) in [5.74, 6) is 1.15. The van der Waals surface area contributed by atoms with E-state index < -0.39 is 0 Å². The Kier molecular flexibility index (Phi) is 4.46. The van der Waals surface area contributed by atoms with Crippen LogP contribution in [0.3, 0.4) is 0 Å². The lowest BCUT2D eigenvalue weighted by atomic mass is 10.3. The number of amidine groups is 1. The van der Waals surface area contributed by atoms with Gasteiger partial charge in [-0.05, 0) is 24.3 Å². The molecule has 3 nitrogen and oxygen atoms in total. The normalized spacial score (nSPS) is 10.1. The molecular weight excluding hydrogens is 194 g/mol. The average molecular weight is 209 g/mol. The van der Waals surface area contributed by atoms with E-state index in [4.69, 9.17) is 11.1 Å². The Balaban J connectivity index is 2.51. The number of thioether (sulfide) groups is 1. The summed E-state index contributed by atoms with van der Waals surface area (Å²) in [5, 5.41) is 7.18. The molecule has 0 aromatic carbocycles. The van der Waals surface area contributed by atoms with E-state index in [1.54, 1.807) is 24.0 Å². The van der Waals surface area contributed by atoms with E-state index in [1.807, 2.05) is 6.07 Å². The fraction of sp³-hybridized carbons (Fsp3) is 0.400. The number of aromatic nitrogens is 1. The highest BCUT2D eigenvalue weighted by Crippen LogP contribution is 2.18. The molecule has 0 radical (unpaired) electrons. The molecule has 0 saturated heterocycles. The fourth-order valence-corrected chi connectivity index (χ4v) is 1.92. The van der Waals surface area contributed by atoms with Gasteiger partial charge < -0.3 is 5.73 Å². The van der Waals surface area contributed by atoms with Crippen LogP contribution in [0.4, 0.5) is 0 Å². The van der Waals surface area contributed by atoms with Gasteiger partial charge in [0.05, 0.1) is 0 Å². The Hall–Kier alpha value is -1.03. The molecular formula is C10H15N3S. The predicted octanol–water partition coefficient (Wildman–Crippen LogP) is 2.26. The first-order valence-electron chi connectivity index (χ1n) is 4.67. The second-order valence-electron chi connectivity index (χ2n) is 2.99. The first-order chi connectivity index (χ1) is 6.74. The van der Waals surface area contributed by atoms with Crippen molar-refractivity contribution in [3.8, 4) is 0 Å². The van der Waals surface area contributed by atoms with E-state index in [0.29, 0.717) is 5.69 Å². The summed E-state index contributed by atoms with van der Waals surface area (Å²) in [6.45, 7) is 2.18. The Morgan fingerprint density at radius 3 is 2.86 bits per heavy atom. The number of pyridine rings is 1. The molecule has 0 bridgehead atoms. The summed E-state index contributed by atoms with van der Waals surface area (Å²) in [4.78, 5) is 5.23. The molecule has 0 atom stereocenters. The average Bonchev–Trinajstić information content (AvgIpc) is 2.19. The fourth-order valence-electron chi connectivity index (χ4n) is 0.959. The highest BCUT2D eigenvalue weighted by Gasteiger charge is 1.98. The van der Waals surface area contributed by atoms with Crippen molar-refractivity contribution in [3.63, 3.8) is 0 Å². The van der Waals surface area contributed by atoms with Gasteiger partial charge in [0.15, 0.2) is 0 Å². The minimum absolute atomic E-state index is 0.0232. The second-order valence-corrected chi connectivity index (χ2v) is 4.16. The van der Waals surface area contributed by atoms with Crippen molar-refractivity contribution in [2.45, 2.75) is 24.7 Å². The van der Waals surface area contributed by atoms with Crippen LogP contribution in [0.15, 0.2) is 23.2 Å². The van der Waals surface area contributed by atoms with Gasteiger partial charge in [0.25, 0.3) is 0 Å². The molecule has 4 heteroatoms. The van der Waals surface area contributed by atoms with Crippen LogP contribution in [0, 0.1) is 5.41 Å². The van der Waals surface area contributed by atoms with Gasteiger partial charge in [-0.1, -0.05) is 13.3 Å².